The van der Waals surface area contributed by atoms with E-state index < -0.39 is 0 Å². The van der Waals surface area contributed by atoms with Crippen LogP contribution in [0, 0.1) is 0 Å². The van der Waals surface area contributed by atoms with Gasteiger partial charge < -0.3 is 4.74 Å². The molecule has 3 rings (SSSR count). The highest BCUT2D eigenvalue weighted by Gasteiger charge is 2.17. The van der Waals surface area contributed by atoms with Crippen LogP contribution in [0.1, 0.15) is 66.4 Å². The summed E-state index contributed by atoms with van der Waals surface area (Å²) in [6.45, 7) is 0. The Kier molecular flexibility index (Phi) is 6.32. The van der Waals surface area contributed by atoms with Gasteiger partial charge in [-0.1, -0.05) is 43.2 Å². The summed E-state index contributed by atoms with van der Waals surface area (Å²) in [6.07, 6.45) is 10.4. The topological polar surface area (TPSA) is 52.1 Å². The standard InChI is InChI=1S/C21H24N2O2/c24-20(12-7-2-1-4-9-17-10-5-3-6-11-17)18-14-15-19(23-22-18)21-13-8-16-25-21/h3,5-6,8,10-11,14-16,21H,1-2,4,7,9,12-13H2. The number of carbonyl (C=O) groups excluding carboxylic acids is 1. The van der Waals surface area contributed by atoms with Crippen LogP contribution in [-0.2, 0) is 11.2 Å². The third kappa shape index (κ3) is 5.24. The van der Waals surface area contributed by atoms with Gasteiger partial charge in [-0.3, -0.25) is 4.79 Å². The Morgan fingerprint density at radius 2 is 1.84 bits per heavy atom. The zero-order valence-corrected chi connectivity index (χ0v) is 14.4. The Labute approximate surface area is 148 Å². The quantitative estimate of drug-likeness (QED) is 0.486. The molecule has 130 valence electrons. The Morgan fingerprint density at radius 3 is 2.56 bits per heavy atom. The van der Waals surface area contributed by atoms with Gasteiger partial charge in [0.1, 0.15) is 17.5 Å². The largest absolute Gasteiger partial charge is 0.492 e. The molecular formula is C21H24N2O2. The second-order valence-electron chi connectivity index (χ2n) is 6.40. The zero-order valence-electron chi connectivity index (χ0n) is 14.4. The minimum absolute atomic E-state index is 0.0544. The third-order valence-corrected chi connectivity index (χ3v) is 4.45. The lowest BCUT2D eigenvalue weighted by Crippen LogP contribution is -2.07. The van der Waals surface area contributed by atoms with E-state index in [-0.39, 0.29) is 11.9 Å². The van der Waals surface area contributed by atoms with Crippen molar-refractivity contribution in [1.82, 2.24) is 10.2 Å². The van der Waals surface area contributed by atoms with Crippen molar-refractivity contribution < 1.29 is 9.53 Å². The molecule has 0 spiro atoms. The molecule has 1 atom stereocenters. The first-order chi connectivity index (χ1) is 12.3. The molecular weight excluding hydrogens is 312 g/mol. The number of hydrogen-bond donors (Lipinski definition) is 0. The fourth-order valence-corrected chi connectivity index (χ4v) is 2.98. The van der Waals surface area contributed by atoms with Crippen LogP contribution in [0.2, 0.25) is 0 Å². The number of aryl methyl sites for hydroxylation is 1. The van der Waals surface area contributed by atoms with Gasteiger partial charge in [-0.15, -0.1) is 5.10 Å². The van der Waals surface area contributed by atoms with Gasteiger partial charge in [0.15, 0.2) is 5.78 Å². The lowest BCUT2D eigenvalue weighted by atomic mass is 10.0. The van der Waals surface area contributed by atoms with Crippen molar-refractivity contribution in [3.63, 3.8) is 0 Å². The van der Waals surface area contributed by atoms with Gasteiger partial charge >= 0.3 is 0 Å². The van der Waals surface area contributed by atoms with E-state index in [1.807, 2.05) is 18.2 Å². The second-order valence-corrected chi connectivity index (χ2v) is 6.40. The number of aromatic nitrogens is 2. The second kappa shape index (κ2) is 9.11. The monoisotopic (exact) mass is 336 g/mol. The molecule has 1 unspecified atom stereocenters. The van der Waals surface area contributed by atoms with Gasteiger partial charge in [0.2, 0.25) is 0 Å². The lowest BCUT2D eigenvalue weighted by molar-refractivity contribution is 0.0972. The number of rotatable bonds is 9. The van der Waals surface area contributed by atoms with Crippen molar-refractivity contribution in [3.8, 4) is 0 Å². The molecule has 0 fully saturated rings. The van der Waals surface area contributed by atoms with Crippen molar-refractivity contribution >= 4 is 5.78 Å². The molecule has 0 bridgehead atoms. The summed E-state index contributed by atoms with van der Waals surface area (Å²) in [7, 11) is 0. The fraction of sp³-hybridized carbons (Fsp3) is 0.381. The van der Waals surface area contributed by atoms with E-state index in [1.54, 1.807) is 12.3 Å². The normalized spacial score (nSPS) is 15.9. The highest BCUT2D eigenvalue weighted by atomic mass is 16.5. The smallest absolute Gasteiger partial charge is 0.183 e. The fourth-order valence-electron chi connectivity index (χ4n) is 2.98. The van der Waals surface area contributed by atoms with Crippen LogP contribution in [0.5, 0.6) is 0 Å². The van der Waals surface area contributed by atoms with Gasteiger partial charge in [0.05, 0.1) is 6.26 Å². The van der Waals surface area contributed by atoms with Crippen molar-refractivity contribution in [2.24, 2.45) is 0 Å². The molecule has 4 nitrogen and oxygen atoms in total. The van der Waals surface area contributed by atoms with E-state index in [9.17, 15) is 4.79 Å². The van der Waals surface area contributed by atoms with Crippen molar-refractivity contribution in [3.05, 3.63) is 71.8 Å². The Balaban J connectivity index is 1.33. The Morgan fingerprint density at radius 1 is 1.00 bits per heavy atom. The molecule has 1 aliphatic heterocycles. The first kappa shape index (κ1) is 17.3. The van der Waals surface area contributed by atoms with E-state index in [4.69, 9.17) is 4.74 Å². The van der Waals surface area contributed by atoms with Crippen LogP contribution < -0.4 is 0 Å². The van der Waals surface area contributed by atoms with Gasteiger partial charge in [0, 0.05) is 12.8 Å². The maximum atomic E-state index is 12.2. The van der Waals surface area contributed by atoms with Crippen molar-refractivity contribution in [2.75, 3.05) is 0 Å². The van der Waals surface area contributed by atoms with Gasteiger partial charge in [0.25, 0.3) is 0 Å². The predicted molar refractivity (Wildman–Crippen MR) is 97.2 cm³/mol. The number of Topliss-reactive ketones (excluding diaryl/α,β-unsaturated/α-hetero) is 1. The predicted octanol–water partition coefficient (Wildman–Crippen LogP) is 4.83. The lowest BCUT2D eigenvalue weighted by Gasteiger charge is -2.08. The maximum absolute atomic E-state index is 12.2. The van der Waals surface area contributed by atoms with E-state index in [1.165, 1.54) is 12.0 Å². The number of benzene rings is 1. The minimum Gasteiger partial charge on any atom is -0.492 e. The van der Waals surface area contributed by atoms with Crippen LogP contribution in [0.15, 0.2) is 54.8 Å². The number of unbranched alkanes of at least 4 members (excludes halogenated alkanes) is 3. The van der Waals surface area contributed by atoms with Gasteiger partial charge in [-0.05, 0) is 43.0 Å². The van der Waals surface area contributed by atoms with E-state index in [0.29, 0.717) is 12.1 Å². The number of hydrogen-bond acceptors (Lipinski definition) is 4. The Hall–Kier alpha value is -2.49. The van der Waals surface area contributed by atoms with Crippen LogP contribution in [0.25, 0.3) is 0 Å². The van der Waals surface area contributed by atoms with Gasteiger partial charge in [-0.2, -0.15) is 5.10 Å². The molecule has 4 heteroatoms. The van der Waals surface area contributed by atoms with E-state index in [0.717, 1.165) is 37.8 Å². The summed E-state index contributed by atoms with van der Waals surface area (Å²) in [5.74, 6) is 0.0765. The van der Waals surface area contributed by atoms with Crippen LogP contribution in [-0.4, -0.2) is 16.0 Å². The Bertz CT molecular complexity index is 688. The molecule has 0 saturated carbocycles. The van der Waals surface area contributed by atoms with Crippen LogP contribution in [0.3, 0.4) is 0 Å². The molecule has 1 aliphatic rings. The third-order valence-electron chi connectivity index (χ3n) is 4.45. The molecule has 1 aromatic heterocycles. The molecule has 0 N–H and O–H groups in total. The van der Waals surface area contributed by atoms with E-state index >= 15 is 0 Å². The van der Waals surface area contributed by atoms with Crippen molar-refractivity contribution in [1.29, 1.82) is 0 Å². The van der Waals surface area contributed by atoms with Crippen LogP contribution >= 0.6 is 0 Å². The summed E-state index contributed by atoms with van der Waals surface area (Å²) < 4.78 is 5.41. The molecule has 0 radical (unpaired) electrons. The molecule has 1 aromatic carbocycles. The highest BCUT2D eigenvalue weighted by molar-refractivity contribution is 5.93. The number of ketones is 1. The molecule has 2 aromatic rings. The average molecular weight is 336 g/mol. The molecule has 0 saturated heterocycles. The summed E-state index contributed by atoms with van der Waals surface area (Å²) in [5, 5.41) is 8.21. The summed E-state index contributed by atoms with van der Waals surface area (Å²) in [5.41, 5.74) is 2.62. The number of nitrogens with zero attached hydrogens (tertiary/aromatic N) is 2. The molecule has 2 heterocycles. The van der Waals surface area contributed by atoms with Crippen LogP contribution in [0.4, 0.5) is 0 Å². The zero-order chi connectivity index (χ0) is 17.3. The number of carbonyl (C=O) groups is 1. The first-order valence-corrected chi connectivity index (χ1v) is 9.04. The maximum Gasteiger partial charge on any atom is 0.183 e. The van der Waals surface area contributed by atoms with Gasteiger partial charge in [-0.25, -0.2) is 0 Å². The SMILES string of the molecule is O=C(CCCCCCc1ccccc1)c1ccc(C2CC=CO2)nn1. The highest BCUT2D eigenvalue weighted by Crippen LogP contribution is 2.24. The summed E-state index contributed by atoms with van der Waals surface area (Å²) >= 11 is 0. The summed E-state index contributed by atoms with van der Waals surface area (Å²) in [4.78, 5) is 12.2. The summed E-state index contributed by atoms with van der Waals surface area (Å²) in [6, 6.07) is 14.1. The van der Waals surface area contributed by atoms with E-state index in [2.05, 4.69) is 34.5 Å². The molecule has 0 amide bonds. The minimum atomic E-state index is -0.0544. The van der Waals surface area contributed by atoms with Crippen molar-refractivity contribution in [2.45, 2.75) is 51.0 Å². The average Bonchev–Trinajstić information content (AvgIpc) is 3.20. The first-order valence-electron chi connectivity index (χ1n) is 9.04. The number of ether oxygens (including phenoxy) is 1. The molecule has 25 heavy (non-hydrogen) atoms. The molecule has 0 aliphatic carbocycles.